The van der Waals surface area contributed by atoms with Crippen LogP contribution in [0.1, 0.15) is 47.8 Å². The molecule has 5 nitrogen and oxygen atoms in total. The zero-order valence-corrected chi connectivity index (χ0v) is 15.3. The number of carbonyl (C=O) groups excluding carboxylic acids is 1. The Bertz CT molecular complexity index is 1020. The zero-order valence-electron chi connectivity index (χ0n) is 14.5. The van der Waals surface area contributed by atoms with Gasteiger partial charge in [-0.15, -0.1) is 11.3 Å². The number of rotatable bonds is 2. The Morgan fingerprint density at radius 1 is 1.40 bits per heavy atom. The maximum Gasteiger partial charge on any atom is 0.266 e. The normalized spacial score (nSPS) is 18.2. The number of amides is 1. The van der Waals surface area contributed by atoms with Crippen molar-refractivity contribution in [1.82, 2.24) is 14.3 Å². The van der Waals surface area contributed by atoms with E-state index in [1.54, 1.807) is 16.7 Å². The molecule has 3 aromatic rings. The highest BCUT2D eigenvalue weighted by Crippen LogP contribution is 2.27. The van der Waals surface area contributed by atoms with Gasteiger partial charge < -0.3 is 4.90 Å². The van der Waals surface area contributed by atoms with Gasteiger partial charge in [-0.1, -0.05) is 13.0 Å². The number of fused-ring (bicyclic) bond motifs is 2. The van der Waals surface area contributed by atoms with E-state index in [4.69, 9.17) is 0 Å². The molecule has 4 rings (SSSR count). The number of hydrogen-bond donors (Lipinski definition) is 0. The lowest BCUT2D eigenvalue weighted by Gasteiger charge is -2.34. The van der Waals surface area contributed by atoms with Gasteiger partial charge in [-0.25, -0.2) is 4.98 Å². The summed E-state index contributed by atoms with van der Waals surface area (Å²) < 4.78 is 1.56. The lowest BCUT2D eigenvalue weighted by Crippen LogP contribution is -2.43. The first-order valence-electron chi connectivity index (χ1n) is 8.82. The largest absolute Gasteiger partial charge is 0.335 e. The molecule has 1 aliphatic heterocycles. The van der Waals surface area contributed by atoms with E-state index >= 15 is 0 Å². The van der Waals surface area contributed by atoms with Gasteiger partial charge in [0.15, 0.2) is 0 Å². The number of hydrogen-bond acceptors (Lipinski definition) is 4. The first-order valence-corrected chi connectivity index (χ1v) is 9.64. The monoisotopic (exact) mass is 355 g/mol. The Balaban J connectivity index is 1.82. The van der Waals surface area contributed by atoms with E-state index in [0.717, 1.165) is 31.4 Å². The predicted octanol–water partition coefficient (Wildman–Crippen LogP) is 3.62. The SMILES string of the molecule is CC[C@@H]1CCCCN1C(=O)c1cc2c(=O)n3cccc(C)c3nc2s1. The van der Waals surface area contributed by atoms with Crippen LogP contribution >= 0.6 is 11.3 Å². The predicted molar refractivity (Wildman–Crippen MR) is 101 cm³/mol. The van der Waals surface area contributed by atoms with Crippen LogP contribution in [-0.4, -0.2) is 32.8 Å². The van der Waals surface area contributed by atoms with Crippen molar-refractivity contribution in [3.05, 3.63) is 45.2 Å². The highest BCUT2D eigenvalue weighted by atomic mass is 32.1. The Morgan fingerprint density at radius 3 is 3.04 bits per heavy atom. The van der Waals surface area contributed by atoms with Crippen LogP contribution in [0.4, 0.5) is 0 Å². The molecule has 1 saturated heterocycles. The Morgan fingerprint density at radius 2 is 2.24 bits per heavy atom. The topological polar surface area (TPSA) is 54.7 Å². The molecule has 0 aliphatic carbocycles. The Hall–Kier alpha value is -2.21. The fourth-order valence-corrected chi connectivity index (χ4v) is 4.68. The average molecular weight is 355 g/mol. The molecule has 1 amide bonds. The second kappa shape index (κ2) is 6.26. The number of aromatic nitrogens is 2. The third-order valence-corrected chi connectivity index (χ3v) is 6.12. The molecule has 0 radical (unpaired) electrons. The van der Waals surface area contributed by atoms with Crippen molar-refractivity contribution < 1.29 is 4.79 Å². The second-order valence-corrected chi connectivity index (χ2v) is 7.72. The molecule has 1 fully saturated rings. The number of likely N-dealkylation sites (tertiary alicyclic amines) is 1. The van der Waals surface area contributed by atoms with Gasteiger partial charge >= 0.3 is 0 Å². The minimum atomic E-state index is -0.107. The summed E-state index contributed by atoms with van der Waals surface area (Å²) in [5.74, 6) is 0.0414. The van der Waals surface area contributed by atoms with Crippen molar-refractivity contribution >= 4 is 33.1 Å². The van der Waals surface area contributed by atoms with Crippen molar-refractivity contribution in [2.45, 2.75) is 45.6 Å². The summed E-state index contributed by atoms with van der Waals surface area (Å²) in [6.45, 7) is 4.87. The molecule has 6 heteroatoms. The van der Waals surface area contributed by atoms with E-state index in [-0.39, 0.29) is 11.5 Å². The van der Waals surface area contributed by atoms with Crippen molar-refractivity contribution in [1.29, 1.82) is 0 Å². The van der Waals surface area contributed by atoms with Crippen LogP contribution in [0, 0.1) is 6.92 Å². The van der Waals surface area contributed by atoms with Crippen LogP contribution in [0.3, 0.4) is 0 Å². The molecule has 0 spiro atoms. The van der Waals surface area contributed by atoms with Crippen LogP contribution in [0.5, 0.6) is 0 Å². The average Bonchev–Trinajstić information content (AvgIpc) is 3.07. The van der Waals surface area contributed by atoms with Gasteiger partial charge in [0.05, 0.1) is 10.3 Å². The molecule has 130 valence electrons. The van der Waals surface area contributed by atoms with Gasteiger partial charge in [0.1, 0.15) is 10.5 Å². The maximum atomic E-state index is 13.0. The summed E-state index contributed by atoms with van der Waals surface area (Å²) in [5, 5.41) is 0.529. The third kappa shape index (κ3) is 2.65. The second-order valence-electron chi connectivity index (χ2n) is 6.69. The summed E-state index contributed by atoms with van der Waals surface area (Å²) in [5.41, 5.74) is 1.50. The number of aryl methyl sites for hydroxylation is 1. The summed E-state index contributed by atoms with van der Waals surface area (Å²) >= 11 is 1.33. The minimum absolute atomic E-state index is 0.0414. The van der Waals surface area contributed by atoms with Crippen LogP contribution in [0.2, 0.25) is 0 Å². The summed E-state index contributed by atoms with van der Waals surface area (Å²) in [6.07, 6.45) is 6.01. The number of thiophene rings is 1. The van der Waals surface area contributed by atoms with Gasteiger partial charge in [0.2, 0.25) is 0 Å². The summed E-state index contributed by atoms with van der Waals surface area (Å²) in [6, 6.07) is 5.82. The molecule has 1 aliphatic rings. The van der Waals surface area contributed by atoms with Crippen LogP contribution in [-0.2, 0) is 0 Å². The molecule has 25 heavy (non-hydrogen) atoms. The molecular formula is C19H21N3O2S. The molecule has 0 bridgehead atoms. The number of pyridine rings is 1. The molecule has 3 aromatic heterocycles. The van der Waals surface area contributed by atoms with E-state index in [1.165, 1.54) is 17.8 Å². The molecular weight excluding hydrogens is 334 g/mol. The molecule has 0 unspecified atom stereocenters. The molecule has 0 aromatic carbocycles. The van der Waals surface area contributed by atoms with Crippen LogP contribution in [0.25, 0.3) is 15.9 Å². The zero-order chi connectivity index (χ0) is 17.6. The molecule has 0 saturated carbocycles. The highest BCUT2D eigenvalue weighted by Gasteiger charge is 2.27. The van der Waals surface area contributed by atoms with E-state index < -0.39 is 0 Å². The fraction of sp³-hybridized carbons (Fsp3) is 0.421. The molecule has 4 heterocycles. The number of carbonyl (C=O) groups is 1. The van der Waals surface area contributed by atoms with Gasteiger partial charge in [0, 0.05) is 18.8 Å². The standard InChI is InChI=1S/C19H21N3O2S/c1-3-13-8-4-5-9-21(13)19(24)15-11-14-17(25-15)20-16-12(2)7-6-10-22(16)18(14)23/h6-7,10-11,13H,3-5,8-9H2,1-2H3/t13-/m1/s1. The lowest BCUT2D eigenvalue weighted by molar-refractivity contribution is 0.0613. The summed E-state index contributed by atoms with van der Waals surface area (Å²) in [7, 11) is 0. The number of piperidine rings is 1. The van der Waals surface area contributed by atoms with Crippen molar-refractivity contribution in [2.75, 3.05) is 6.54 Å². The van der Waals surface area contributed by atoms with Crippen molar-refractivity contribution in [3.8, 4) is 0 Å². The van der Waals surface area contributed by atoms with Crippen LogP contribution < -0.4 is 5.56 Å². The third-order valence-electron chi connectivity index (χ3n) is 5.10. The molecule has 1 atom stereocenters. The van der Waals surface area contributed by atoms with Gasteiger partial charge in [-0.2, -0.15) is 0 Å². The fourth-order valence-electron chi connectivity index (χ4n) is 3.70. The summed E-state index contributed by atoms with van der Waals surface area (Å²) in [4.78, 5) is 33.7. The van der Waals surface area contributed by atoms with Gasteiger partial charge in [0.25, 0.3) is 11.5 Å². The van der Waals surface area contributed by atoms with E-state index in [1.807, 2.05) is 24.0 Å². The van der Waals surface area contributed by atoms with Crippen LogP contribution in [0.15, 0.2) is 29.2 Å². The smallest absolute Gasteiger partial charge is 0.266 e. The van der Waals surface area contributed by atoms with Crippen molar-refractivity contribution in [3.63, 3.8) is 0 Å². The van der Waals surface area contributed by atoms with E-state index in [0.29, 0.717) is 26.8 Å². The quantitative estimate of drug-likeness (QED) is 0.705. The lowest BCUT2D eigenvalue weighted by atomic mass is 10.00. The minimum Gasteiger partial charge on any atom is -0.335 e. The number of nitrogens with zero attached hydrogens (tertiary/aromatic N) is 3. The maximum absolute atomic E-state index is 13.0. The Kier molecular flexibility index (Phi) is 4.07. The molecule has 0 N–H and O–H groups in total. The van der Waals surface area contributed by atoms with E-state index in [2.05, 4.69) is 11.9 Å². The van der Waals surface area contributed by atoms with Crippen molar-refractivity contribution in [2.24, 2.45) is 0 Å². The van der Waals surface area contributed by atoms with Gasteiger partial charge in [-0.05, 0) is 50.3 Å². The Labute approximate surface area is 149 Å². The van der Waals surface area contributed by atoms with E-state index in [9.17, 15) is 9.59 Å². The first-order chi connectivity index (χ1) is 12.1. The highest BCUT2D eigenvalue weighted by molar-refractivity contribution is 7.20. The first kappa shape index (κ1) is 16.3. The van der Waals surface area contributed by atoms with Gasteiger partial charge in [-0.3, -0.25) is 14.0 Å².